The Morgan fingerprint density at radius 2 is 2.24 bits per heavy atom. The number of urea groups is 1. The number of halogens is 1. The van der Waals surface area contributed by atoms with Crippen LogP contribution in [0.15, 0.2) is 34.1 Å². The fraction of sp³-hybridized carbons (Fsp3) is 0.0909. The van der Waals surface area contributed by atoms with Crippen LogP contribution < -0.4 is 10.6 Å². The topological polar surface area (TPSA) is 54.0 Å². The molecule has 6 heteroatoms. The quantitative estimate of drug-likeness (QED) is 0.885. The molecule has 0 saturated carbocycles. The molecular formula is C11H10BrN3OS. The molecule has 4 nitrogen and oxygen atoms in total. The van der Waals surface area contributed by atoms with Gasteiger partial charge in [0.05, 0.1) is 5.69 Å². The number of amides is 2. The lowest BCUT2D eigenvalue weighted by molar-refractivity contribution is 0.262. The first-order chi connectivity index (χ1) is 8.13. The molecule has 0 spiro atoms. The molecule has 17 heavy (non-hydrogen) atoms. The molecule has 1 heterocycles. The zero-order valence-corrected chi connectivity index (χ0v) is 11.4. The second-order valence-corrected chi connectivity index (χ2v) is 5.16. The summed E-state index contributed by atoms with van der Waals surface area (Å²) in [4.78, 5) is 15.8. The standard InChI is InChI=1S/C11H10BrN3OS/c1-7-6-17-11(13-7)15-10(16)14-9-4-2-3-8(12)5-9/h2-6H,1H3,(H2,13,14,15,16). The third kappa shape index (κ3) is 3.54. The van der Waals surface area contributed by atoms with Gasteiger partial charge in [0.1, 0.15) is 0 Å². The Hall–Kier alpha value is -1.40. The van der Waals surface area contributed by atoms with Crippen LogP contribution in [0.1, 0.15) is 5.69 Å². The highest BCUT2D eigenvalue weighted by Crippen LogP contribution is 2.17. The summed E-state index contributed by atoms with van der Waals surface area (Å²) in [5.74, 6) is 0. The number of anilines is 2. The molecule has 2 N–H and O–H groups in total. The van der Waals surface area contributed by atoms with E-state index in [-0.39, 0.29) is 6.03 Å². The van der Waals surface area contributed by atoms with E-state index in [2.05, 4.69) is 31.5 Å². The average molecular weight is 312 g/mol. The van der Waals surface area contributed by atoms with E-state index in [0.717, 1.165) is 15.9 Å². The summed E-state index contributed by atoms with van der Waals surface area (Å²) in [6.07, 6.45) is 0. The Kier molecular flexibility index (Phi) is 3.75. The molecule has 0 bridgehead atoms. The number of carbonyl (C=O) groups is 1. The summed E-state index contributed by atoms with van der Waals surface area (Å²) < 4.78 is 0.917. The predicted molar refractivity (Wildman–Crippen MR) is 73.6 cm³/mol. The Bertz CT molecular complexity index is 541. The zero-order valence-electron chi connectivity index (χ0n) is 9.03. The minimum absolute atomic E-state index is 0.294. The zero-order chi connectivity index (χ0) is 12.3. The summed E-state index contributed by atoms with van der Waals surface area (Å²) >= 11 is 4.74. The van der Waals surface area contributed by atoms with E-state index in [9.17, 15) is 4.79 Å². The third-order valence-electron chi connectivity index (χ3n) is 1.92. The van der Waals surface area contributed by atoms with Crippen LogP contribution in [0.25, 0.3) is 0 Å². The lowest BCUT2D eigenvalue weighted by Gasteiger charge is -2.05. The van der Waals surface area contributed by atoms with Crippen LogP contribution in [0, 0.1) is 6.92 Å². The smallest absolute Gasteiger partial charge is 0.308 e. The van der Waals surface area contributed by atoms with Crippen LogP contribution in [0.4, 0.5) is 15.6 Å². The maximum atomic E-state index is 11.6. The summed E-state index contributed by atoms with van der Waals surface area (Å²) in [6, 6.07) is 7.10. The molecule has 2 aromatic rings. The number of hydrogen-bond acceptors (Lipinski definition) is 3. The molecule has 0 aliphatic rings. The highest BCUT2D eigenvalue weighted by Gasteiger charge is 2.05. The number of aromatic nitrogens is 1. The molecule has 1 aromatic carbocycles. The van der Waals surface area contributed by atoms with E-state index in [1.54, 1.807) is 0 Å². The van der Waals surface area contributed by atoms with E-state index in [1.807, 2.05) is 36.6 Å². The van der Waals surface area contributed by atoms with Gasteiger partial charge in [0.2, 0.25) is 0 Å². The molecule has 0 saturated heterocycles. The summed E-state index contributed by atoms with van der Waals surface area (Å²) in [7, 11) is 0. The molecular weight excluding hydrogens is 302 g/mol. The maximum Gasteiger partial charge on any atom is 0.325 e. The highest BCUT2D eigenvalue weighted by atomic mass is 79.9. The van der Waals surface area contributed by atoms with Crippen LogP contribution in [0.5, 0.6) is 0 Å². The molecule has 0 atom stereocenters. The van der Waals surface area contributed by atoms with E-state index < -0.39 is 0 Å². The van der Waals surface area contributed by atoms with Crippen LogP contribution >= 0.6 is 27.3 Å². The molecule has 0 aliphatic heterocycles. The Balaban J connectivity index is 1.98. The van der Waals surface area contributed by atoms with Gasteiger partial charge >= 0.3 is 6.03 Å². The second-order valence-electron chi connectivity index (χ2n) is 3.38. The van der Waals surface area contributed by atoms with E-state index in [4.69, 9.17) is 0 Å². The summed E-state index contributed by atoms with van der Waals surface area (Å²) in [5.41, 5.74) is 1.62. The van der Waals surface area contributed by atoms with Crippen molar-refractivity contribution in [1.82, 2.24) is 4.98 Å². The van der Waals surface area contributed by atoms with E-state index in [1.165, 1.54) is 11.3 Å². The Labute approximate surface area is 111 Å². The SMILES string of the molecule is Cc1csc(NC(=O)Nc2cccc(Br)c2)n1. The van der Waals surface area contributed by atoms with E-state index in [0.29, 0.717) is 5.13 Å². The number of carbonyl (C=O) groups excluding carboxylic acids is 1. The predicted octanol–water partition coefficient (Wildman–Crippen LogP) is 3.86. The Morgan fingerprint density at radius 1 is 1.41 bits per heavy atom. The number of aryl methyl sites for hydroxylation is 1. The molecule has 0 unspecified atom stereocenters. The summed E-state index contributed by atoms with van der Waals surface area (Å²) in [5, 5.41) is 7.88. The van der Waals surface area contributed by atoms with Crippen LogP contribution in [-0.2, 0) is 0 Å². The first-order valence-electron chi connectivity index (χ1n) is 4.89. The fourth-order valence-corrected chi connectivity index (χ4v) is 2.32. The number of rotatable bonds is 2. The molecule has 1 aromatic heterocycles. The molecule has 0 fully saturated rings. The molecule has 0 aliphatic carbocycles. The van der Waals surface area contributed by atoms with Crippen molar-refractivity contribution in [2.75, 3.05) is 10.6 Å². The molecule has 2 rings (SSSR count). The largest absolute Gasteiger partial charge is 0.325 e. The lowest BCUT2D eigenvalue weighted by atomic mass is 10.3. The Morgan fingerprint density at radius 3 is 2.88 bits per heavy atom. The minimum Gasteiger partial charge on any atom is -0.308 e. The average Bonchev–Trinajstić information content (AvgIpc) is 2.63. The first-order valence-corrected chi connectivity index (χ1v) is 6.56. The van der Waals surface area contributed by atoms with Gasteiger partial charge in [0.15, 0.2) is 5.13 Å². The fourth-order valence-electron chi connectivity index (χ4n) is 1.24. The van der Waals surface area contributed by atoms with Crippen LogP contribution in [0.2, 0.25) is 0 Å². The van der Waals surface area contributed by atoms with Crippen molar-refractivity contribution in [2.45, 2.75) is 6.92 Å². The molecule has 2 amide bonds. The highest BCUT2D eigenvalue weighted by molar-refractivity contribution is 9.10. The monoisotopic (exact) mass is 311 g/mol. The minimum atomic E-state index is -0.294. The number of hydrogen-bond donors (Lipinski definition) is 2. The van der Waals surface area contributed by atoms with Crippen LogP contribution in [-0.4, -0.2) is 11.0 Å². The van der Waals surface area contributed by atoms with Crippen molar-refractivity contribution in [3.8, 4) is 0 Å². The van der Waals surface area contributed by atoms with Gasteiger partial charge in [-0.15, -0.1) is 11.3 Å². The van der Waals surface area contributed by atoms with Gasteiger partial charge in [0, 0.05) is 15.5 Å². The van der Waals surface area contributed by atoms with Crippen molar-refractivity contribution in [3.05, 3.63) is 39.8 Å². The van der Waals surface area contributed by atoms with Gasteiger partial charge in [-0.25, -0.2) is 9.78 Å². The molecule has 0 radical (unpaired) electrons. The van der Waals surface area contributed by atoms with Crippen molar-refractivity contribution < 1.29 is 4.79 Å². The number of benzene rings is 1. The lowest BCUT2D eigenvalue weighted by Crippen LogP contribution is -2.19. The normalized spacial score (nSPS) is 10.0. The second kappa shape index (κ2) is 5.29. The van der Waals surface area contributed by atoms with Gasteiger partial charge in [0.25, 0.3) is 0 Å². The van der Waals surface area contributed by atoms with Crippen molar-refractivity contribution >= 4 is 44.1 Å². The molecule has 88 valence electrons. The first kappa shape index (κ1) is 12.1. The van der Waals surface area contributed by atoms with Gasteiger partial charge in [-0.1, -0.05) is 22.0 Å². The van der Waals surface area contributed by atoms with Crippen molar-refractivity contribution in [2.24, 2.45) is 0 Å². The van der Waals surface area contributed by atoms with Crippen molar-refractivity contribution in [3.63, 3.8) is 0 Å². The van der Waals surface area contributed by atoms with Crippen LogP contribution in [0.3, 0.4) is 0 Å². The van der Waals surface area contributed by atoms with Crippen molar-refractivity contribution in [1.29, 1.82) is 0 Å². The van der Waals surface area contributed by atoms with E-state index >= 15 is 0 Å². The van der Waals surface area contributed by atoms with Gasteiger partial charge in [-0.3, -0.25) is 5.32 Å². The maximum absolute atomic E-state index is 11.6. The number of nitrogens with one attached hydrogen (secondary N) is 2. The van der Waals surface area contributed by atoms with Gasteiger partial charge < -0.3 is 5.32 Å². The van der Waals surface area contributed by atoms with Gasteiger partial charge in [-0.2, -0.15) is 0 Å². The van der Waals surface area contributed by atoms with Gasteiger partial charge in [-0.05, 0) is 25.1 Å². The third-order valence-corrected chi connectivity index (χ3v) is 3.29. The number of thiazole rings is 1. The number of nitrogens with zero attached hydrogens (tertiary/aromatic N) is 1. The summed E-state index contributed by atoms with van der Waals surface area (Å²) in [6.45, 7) is 1.88.